The highest BCUT2D eigenvalue weighted by Crippen LogP contribution is 2.37. The summed E-state index contributed by atoms with van der Waals surface area (Å²) in [6, 6.07) is 16.9. The van der Waals surface area contributed by atoms with Crippen molar-refractivity contribution in [3.63, 3.8) is 0 Å². The molecule has 0 radical (unpaired) electrons. The number of hydrogen-bond acceptors (Lipinski definition) is 8. The number of aryl methyl sites for hydroxylation is 2. The van der Waals surface area contributed by atoms with Gasteiger partial charge in [-0.1, -0.05) is 26.0 Å². The standard InChI is InChI=1S/C38H46Cl2N8O4/c1-25(2)29-22-30(34(50)23-33(29)49)37-42-43-38(52)48(37)27-9-7-26(8-10-27)24-45-17-19-47(20-18-45)36(51)6-4-5-35-41-31-21-28(11-12-32(31)44(35)3)46(15-13-39)16-14-40/h7-12,21-23,25,49-50H,4-6,13-20,24H2,1-3H3,(H,43,52). The second kappa shape index (κ2) is 16.4. The summed E-state index contributed by atoms with van der Waals surface area (Å²) >= 11 is 12.0. The molecule has 1 aliphatic rings. The van der Waals surface area contributed by atoms with Crippen LogP contribution < -0.4 is 10.6 Å². The summed E-state index contributed by atoms with van der Waals surface area (Å²) in [7, 11) is 2.02. The van der Waals surface area contributed by atoms with E-state index in [9.17, 15) is 19.8 Å². The van der Waals surface area contributed by atoms with Crippen LogP contribution in [-0.4, -0.2) is 101 Å². The molecule has 12 nitrogen and oxygen atoms in total. The first-order valence-electron chi connectivity index (χ1n) is 17.7. The Labute approximate surface area is 313 Å². The van der Waals surface area contributed by atoms with Crippen LogP contribution in [0, 0.1) is 0 Å². The Morgan fingerprint density at radius 3 is 2.35 bits per heavy atom. The number of H-pyrrole nitrogens is 1. The van der Waals surface area contributed by atoms with Crippen molar-refractivity contribution in [1.82, 2.24) is 34.1 Å². The van der Waals surface area contributed by atoms with Crippen LogP contribution in [-0.2, 0) is 24.8 Å². The molecule has 2 aromatic heterocycles. The average molecular weight is 750 g/mol. The molecular weight excluding hydrogens is 703 g/mol. The van der Waals surface area contributed by atoms with E-state index in [0.29, 0.717) is 48.1 Å². The molecule has 0 spiro atoms. The molecule has 0 aliphatic carbocycles. The Bertz CT molecular complexity index is 2060. The van der Waals surface area contributed by atoms with Gasteiger partial charge in [0.15, 0.2) is 5.82 Å². The van der Waals surface area contributed by atoms with Gasteiger partial charge in [0.25, 0.3) is 0 Å². The molecule has 1 fully saturated rings. The smallest absolute Gasteiger partial charge is 0.348 e. The number of aromatic amines is 1. The maximum Gasteiger partial charge on any atom is 0.348 e. The zero-order valence-corrected chi connectivity index (χ0v) is 31.4. The molecule has 0 saturated carbocycles. The normalized spacial score (nSPS) is 13.8. The highest BCUT2D eigenvalue weighted by molar-refractivity contribution is 6.18. The van der Waals surface area contributed by atoms with Gasteiger partial charge in [-0.25, -0.2) is 19.4 Å². The lowest BCUT2D eigenvalue weighted by molar-refractivity contribution is -0.133. The quantitative estimate of drug-likeness (QED) is 0.125. The minimum Gasteiger partial charge on any atom is -0.508 e. The Hall–Kier alpha value is -4.52. The summed E-state index contributed by atoms with van der Waals surface area (Å²) in [6.45, 7) is 8.93. The summed E-state index contributed by atoms with van der Waals surface area (Å²) in [6.07, 6.45) is 1.93. The van der Waals surface area contributed by atoms with Crippen LogP contribution in [0.15, 0.2) is 59.4 Å². The second-order valence-electron chi connectivity index (χ2n) is 13.6. The van der Waals surface area contributed by atoms with Crippen molar-refractivity contribution in [2.24, 2.45) is 7.05 Å². The molecule has 1 aliphatic heterocycles. The van der Waals surface area contributed by atoms with Gasteiger partial charge in [0.1, 0.15) is 17.3 Å². The fourth-order valence-corrected chi connectivity index (χ4v) is 7.31. The molecular formula is C38H46Cl2N8O4. The molecule has 3 heterocycles. The highest BCUT2D eigenvalue weighted by atomic mass is 35.5. The maximum atomic E-state index is 13.1. The van der Waals surface area contributed by atoms with E-state index >= 15 is 0 Å². The molecule has 52 heavy (non-hydrogen) atoms. The van der Waals surface area contributed by atoms with E-state index in [1.54, 1.807) is 6.07 Å². The molecule has 3 N–H and O–H groups in total. The fourth-order valence-electron chi connectivity index (χ4n) is 6.90. The monoisotopic (exact) mass is 748 g/mol. The predicted octanol–water partition coefficient (Wildman–Crippen LogP) is 5.60. The Morgan fingerprint density at radius 1 is 0.962 bits per heavy atom. The number of hydrogen-bond donors (Lipinski definition) is 3. The van der Waals surface area contributed by atoms with Crippen molar-refractivity contribution in [2.75, 3.05) is 55.9 Å². The number of aromatic nitrogens is 5. The number of piperazine rings is 1. The summed E-state index contributed by atoms with van der Waals surface area (Å²) in [5.74, 6) is 2.27. The third-order valence-corrected chi connectivity index (χ3v) is 10.2. The van der Waals surface area contributed by atoms with Crippen molar-refractivity contribution in [2.45, 2.75) is 45.6 Å². The van der Waals surface area contributed by atoms with Crippen LogP contribution in [0.25, 0.3) is 28.1 Å². The number of aromatic hydroxyl groups is 2. The molecule has 3 aromatic carbocycles. The number of rotatable bonds is 14. The van der Waals surface area contributed by atoms with Crippen LogP contribution in [0.4, 0.5) is 5.69 Å². The van der Waals surface area contributed by atoms with Gasteiger partial charge in [0.2, 0.25) is 5.91 Å². The van der Waals surface area contributed by atoms with Crippen LogP contribution >= 0.6 is 23.2 Å². The van der Waals surface area contributed by atoms with E-state index in [1.165, 1.54) is 10.6 Å². The average Bonchev–Trinajstić information content (AvgIpc) is 3.66. The van der Waals surface area contributed by atoms with E-state index in [0.717, 1.165) is 73.7 Å². The Balaban J connectivity index is 1.01. The molecule has 0 atom stereocenters. The maximum absolute atomic E-state index is 13.1. The molecule has 6 rings (SSSR count). The number of carbonyl (C=O) groups excluding carboxylic acids is 1. The number of carbonyl (C=O) groups is 1. The number of phenols is 2. The van der Waals surface area contributed by atoms with E-state index in [1.807, 2.05) is 50.1 Å². The van der Waals surface area contributed by atoms with Crippen molar-refractivity contribution in [1.29, 1.82) is 0 Å². The first-order valence-corrected chi connectivity index (χ1v) is 18.8. The first-order chi connectivity index (χ1) is 25.1. The van der Waals surface area contributed by atoms with Gasteiger partial charge in [-0.05, 0) is 59.9 Å². The summed E-state index contributed by atoms with van der Waals surface area (Å²) in [5, 5.41) is 27.6. The predicted molar refractivity (Wildman–Crippen MR) is 206 cm³/mol. The number of halogens is 2. The molecule has 276 valence electrons. The minimum atomic E-state index is -0.433. The number of nitrogens with one attached hydrogen (secondary N) is 1. The van der Waals surface area contributed by atoms with E-state index in [2.05, 4.69) is 42.8 Å². The number of nitrogens with zero attached hydrogens (tertiary/aromatic N) is 7. The minimum absolute atomic E-state index is 0.00556. The summed E-state index contributed by atoms with van der Waals surface area (Å²) in [5.41, 5.74) is 5.29. The lowest BCUT2D eigenvalue weighted by Gasteiger charge is -2.35. The van der Waals surface area contributed by atoms with Gasteiger partial charge < -0.3 is 24.6 Å². The van der Waals surface area contributed by atoms with E-state index in [-0.39, 0.29) is 29.1 Å². The molecule has 1 saturated heterocycles. The number of anilines is 1. The number of alkyl halides is 2. The number of fused-ring (bicyclic) bond motifs is 1. The third-order valence-electron chi connectivity index (χ3n) is 9.83. The number of imidazole rings is 1. The van der Waals surface area contributed by atoms with Gasteiger partial charge in [-0.15, -0.1) is 23.2 Å². The Kier molecular flexibility index (Phi) is 11.8. The zero-order valence-electron chi connectivity index (χ0n) is 29.9. The number of benzene rings is 3. The zero-order chi connectivity index (χ0) is 36.9. The lowest BCUT2D eigenvalue weighted by Crippen LogP contribution is -2.48. The second-order valence-corrected chi connectivity index (χ2v) is 14.3. The van der Waals surface area contributed by atoms with Crippen molar-refractivity contribution >= 4 is 45.8 Å². The van der Waals surface area contributed by atoms with E-state index in [4.69, 9.17) is 28.2 Å². The third kappa shape index (κ3) is 8.09. The highest BCUT2D eigenvalue weighted by Gasteiger charge is 2.23. The number of amides is 1. The van der Waals surface area contributed by atoms with Crippen molar-refractivity contribution in [3.05, 3.63) is 82.0 Å². The van der Waals surface area contributed by atoms with Gasteiger partial charge in [0.05, 0.1) is 22.3 Å². The molecule has 5 aromatic rings. The first kappa shape index (κ1) is 37.2. The Morgan fingerprint density at radius 2 is 1.67 bits per heavy atom. The van der Waals surface area contributed by atoms with Crippen LogP contribution in [0.2, 0.25) is 0 Å². The molecule has 14 heteroatoms. The summed E-state index contributed by atoms with van der Waals surface area (Å²) in [4.78, 5) is 37.3. The summed E-state index contributed by atoms with van der Waals surface area (Å²) < 4.78 is 3.52. The van der Waals surface area contributed by atoms with Gasteiger partial charge in [0, 0.05) is 89.2 Å². The topological polar surface area (TPSA) is 136 Å². The van der Waals surface area contributed by atoms with Crippen molar-refractivity contribution < 1.29 is 15.0 Å². The van der Waals surface area contributed by atoms with Gasteiger partial charge in [-0.2, -0.15) is 5.10 Å². The van der Waals surface area contributed by atoms with Crippen molar-refractivity contribution in [3.8, 4) is 28.6 Å². The molecule has 0 bridgehead atoms. The SMILES string of the molecule is CC(C)c1cc(-c2n[nH]c(=O)n2-c2ccc(CN3CCN(C(=O)CCCc4nc5cc(N(CCCl)CCCl)ccc5n4C)CC3)cc2)c(O)cc1O. The molecule has 0 unspecified atom stereocenters. The van der Waals surface area contributed by atoms with Gasteiger partial charge >= 0.3 is 5.69 Å². The molecule has 1 amide bonds. The van der Waals surface area contributed by atoms with Crippen LogP contribution in [0.1, 0.15) is 49.6 Å². The number of phenolic OH excluding ortho intramolecular Hbond substituents is 2. The van der Waals surface area contributed by atoms with Gasteiger partial charge in [-0.3, -0.25) is 9.69 Å². The van der Waals surface area contributed by atoms with Crippen LogP contribution in [0.5, 0.6) is 11.5 Å². The lowest BCUT2D eigenvalue weighted by atomic mass is 9.98. The fraction of sp³-hybridized carbons (Fsp3) is 0.421. The van der Waals surface area contributed by atoms with Crippen LogP contribution in [0.3, 0.4) is 0 Å². The largest absolute Gasteiger partial charge is 0.508 e. The van der Waals surface area contributed by atoms with E-state index < -0.39 is 5.69 Å².